The Kier molecular flexibility index (Phi) is 6.77. The Labute approximate surface area is 196 Å². The summed E-state index contributed by atoms with van der Waals surface area (Å²) in [6.45, 7) is 4.19. The molecular formula is C26H26F3N3O2. The van der Waals surface area contributed by atoms with Gasteiger partial charge in [0.15, 0.2) is 17.5 Å². The highest BCUT2D eigenvalue weighted by Gasteiger charge is 2.30. The number of hydrogen-bond donors (Lipinski definition) is 0. The first kappa shape index (κ1) is 23.6. The van der Waals surface area contributed by atoms with Gasteiger partial charge in [-0.15, -0.1) is 0 Å². The Morgan fingerprint density at radius 3 is 2.53 bits per heavy atom. The monoisotopic (exact) mass is 469 g/mol. The molecule has 5 nitrogen and oxygen atoms in total. The number of aromatic nitrogens is 2. The molecule has 1 aromatic heterocycles. The van der Waals surface area contributed by atoms with Crippen molar-refractivity contribution in [3.05, 3.63) is 82.7 Å². The van der Waals surface area contributed by atoms with Gasteiger partial charge in [-0.1, -0.05) is 13.0 Å². The molecule has 8 heteroatoms. The molecule has 0 radical (unpaired) electrons. The van der Waals surface area contributed by atoms with Gasteiger partial charge in [-0.25, -0.2) is 18.2 Å². The van der Waals surface area contributed by atoms with Crippen molar-refractivity contribution in [2.24, 2.45) is 0 Å². The predicted molar refractivity (Wildman–Crippen MR) is 123 cm³/mol. The van der Waals surface area contributed by atoms with Gasteiger partial charge in [0.1, 0.15) is 5.75 Å². The third-order valence-corrected chi connectivity index (χ3v) is 6.07. The fourth-order valence-electron chi connectivity index (χ4n) is 4.42. The summed E-state index contributed by atoms with van der Waals surface area (Å²) >= 11 is 0. The van der Waals surface area contributed by atoms with Crippen molar-refractivity contribution in [3.63, 3.8) is 0 Å². The summed E-state index contributed by atoms with van der Waals surface area (Å²) < 4.78 is 48.6. The van der Waals surface area contributed by atoms with Crippen molar-refractivity contribution in [3.8, 4) is 11.4 Å². The van der Waals surface area contributed by atoms with Crippen LogP contribution in [0.4, 0.5) is 13.2 Å². The molecule has 2 aromatic carbocycles. The van der Waals surface area contributed by atoms with Gasteiger partial charge in [-0.05, 0) is 67.7 Å². The van der Waals surface area contributed by atoms with Gasteiger partial charge in [0.25, 0.3) is 0 Å². The van der Waals surface area contributed by atoms with Crippen molar-refractivity contribution in [1.82, 2.24) is 14.5 Å². The lowest BCUT2D eigenvalue weighted by Gasteiger charge is -2.35. The van der Waals surface area contributed by atoms with Crippen LogP contribution in [-0.4, -0.2) is 34.0 Å². The number of piperidine rings is 1. The smallest absolute Gasteiger partial charge is 0.250 e. The van der Waals surface area contributed by atoms with Gasteiger partial charge in [-0.3, -0.25) is 4.79 Å². The second kappa shape index (κ2) is 9.75. The highest BCUT2D eigenvalue weighted by atomic mass is 19.2. The van der Waals surface area contributed by atoms with Gasteiger partial charge in [0.05, 0.1) is 30.9 Å². The largest absolute Gasteiger partial charge is 0.495 e. The molecule has 1 aliphatic rings. The minimum Gasteiger partial charge on any atom is -0.495 e. The van der Waals surface area contributed by atoms with Crippen LogP contribution in [0.5, 0.6) is 5.75 Å². The summed E-state index contributed by atoms with van der Waals surface area (Å²) in [4.78, 5) is 19.2. The van der Waals surface area contributed by atoms with E-state index in [0.717, 1.165) is 29.1 Å². The molecule has 4 rings (SSSR count). The van der Waals surface area contributed by atoms with Gasteiger partial charge in [0, 0.05) is 18.3 Å². The van der Waals surface area contributed by atoms with E-state index >= 15 is 0 Å². The van der Waals surface area contributed by atoms with Crippen molar-refractivity contribution >= 4 is 12.0 Å². The second-order valence-electron chi connectivity index (χ2n) is 8.35. The Bertz CT molecular complexity index is 1230. The molecule has 1 aliphatic heterocycles. The lowest BCUT2D eigenvalue weighted by atomic mass is 9.95. The van der Waals surface area contributed by atoms with Crippen LogP contribution < -0.4 is 4.74 Å². The van der Waals surface area contributed by atoms with E-state index in [1.807, 2.05) is 48.9 Å². The normalized spacial score (nSPS) is 16.2. The number of hydrogen-bond acceptors (Lipinski definition) is 3. The van der Waals surface area contributed by atoms with Gasteiger partial charge in [-0.2, -0.15) is 0 Å². The van der Waals surface area contributed by atoms with Crippen LogP contribution in [0, 0.1) is 24.4 Å². The molecule has 1 fully saturated rings. The molecule has 34 heavy (non-hydrogen) atoms. The van der Waals surface area contributed by atoms with E-state index in [4.69, 9.17) is 4.74 Å². The molecule has 0 N–H and O–H groups in total. The van der Waals surface area contributed by atoms with Gasteiger partial charge < -0.3 is 14.2 Å². The Balaban J connectivity index is 1.63. The molecule has 0 bridgehead atoms. The number of aryl methyl sites for hydroxylation is 1. The summed E-state index contributed by atoms with van der Waals surface area (Å²) in [7, 11) is 1.58. The zero-order valence-electron chi connectivity index (χ0n) is 19.3. The van der Waals surface area contributed by atoms with E-state index in [-0.39, 0.29) is 11.5 Å². The molecular weight excluding hydrogens is 443 g/mol. The lowest BCUT2D eigenvalue weighted by Crippen LogP contribution is -2.39. The summed E-state index contributed by atoms with van der Waals surface area (Å²) in [5, 5.41) is 0. The molecule has 1 unspecified atom stereocenters. The number of ether oxygens (including phenoxy) is 1. The topological polar surface area (TPSA) is 47.4 Å². The van der Waals surface area contributed by atoms with E-state index in [0.29, 0.717) is 37.1 Å². The maximum absolute atomic E-state index is 13.8. The Hall–Kier alpha value is -3.55. The zero-order valence-corrected chi connectivity index (χ0v) is 19.3. The van der Waals surface area contributed by atoms with Gasteiger partial charge in [0.2, 0.25) is 5.91 Å². The number of amides is 1. The minimum atomic E-state index is -1.51. The van der Waals surface area contributed by atoms with E-state index in [2.05, 4.69) is 4.98 Å². The van der Waals surface area contributed by atoms with Crippen LogP contribution in [0.15, 0.2) is 48.4 Å². The van der Waals surface area contributed by atoms with Crippen molar-refractivity contribution in [2.45, 2.75) is 39.2 Å². The first-order chi connectivity index (χ1) is 16.3. The van der Waals surface area contributed by atoms with Crippen molar-refractivity contribution in [1.29, 1.82) is 0 Å². The van der Waals surface area contributed by atoms with E-state index in [1.165, 1.54) is 0 Å². The van der Waals surface area contributed by atoms with Crippen LogP contribution in [0.1, 0.15) is 49.0 Å². The first-order valence-electron chi connectivity index (χ1n) is 11.2. The number of rotatable bonds is 6. The third kappa shape index (κ3) is 4.58. The van der Waals surface area contributed by atoms with E-state index < -0.39 is 23.5 Å². The molecule has 1 saturated heterocycles. The number of likely N-dealkylation sites (tertiary alicyclic amines) is 1. The second-order valence-corrected chi connectivity index (χ2v) is 8.35. The Morgan fingerprint density at radius 1 is 1.18 bits per heavy atom. The average Bonchev–Trinajstić information content (AvgIpc) is 3.26. The SMILES string of the molecule is CCC(c1cc(F)c(F)c(F)c1)N1CCC/C(=C\c2ccc(-n3cnc(C)c3)c(OC)c2)C1=O. The van der Waals surface area contributed by atoms with Crippen molar-refractivity contribution in [2.75, 3.05) is 13.7 Å². The lowest BCUT2D eigenvalue weighted by molar-refractivity contribution is -0.131. The highest BCUT2D eigenvalue weighted by Crippen LogP contribution is 2.33. The van der Waals surface area contributed by atoms with Crippen molar-refractivity contribution < 1.29 is 22.7 Å². The van der Waals surface area contributed by atoms with Crippen LogP contribution in [0.2, 0.25) is 0 Å². The molecule has 0 saturated carbocycles. The maximum atomic E-state index is 13.8. The molecule has 0 spiro atoms. The molecule has 2 heterocycles. The third-order valence-electron chi connectivity index (χ3n) is 6.07. The first-order valence-corrected chi connectivity index (χ1v) is 11.2. The molecule has 1 atom stereocenters. The number of benzene rings is 2. The number of carbonyl (C=O) groups excluding carboxylic acids is 1. The van der Waals surface area contributed by atoms with E-state index in [9.17, 15) is 18.0 Å². The van der Waals surface area contributed by atoms with E-state index in [1.54, 1.807) is 18.3 Å². The fraction of sp³-hybridized carbons (Fsp3) is 0.308. The predicted octanol–water partition coefficient (Wildman–Crippen LogP) is 5.76. The number of imidazole rings is 1. The summed E-state index contributed by atoms with van der Waals surface area (Å²) in [6, 6.07) is 7.04. The zero-order chi connectivity index (χ0) is 24.4. The van der Waals surface area contributed by atoms with Crippen LogP contribution in [-0.2, 0) is 4.79 Å². The summed E-state index contributed by atoms with van der Waals surface area (Å²) in [5.41, 5.74) is 3.35. The number of methoxy groups -OCH3 is 1. The molecule has 1 amide bonds. The highest BCUT2D eigenvalue weighted by molar-refractivity contribution is 5.98. The van der Waals surface area contributed by atoms with Crippen LogP contribution >= 0.6 is 0 Å². The number of halogens is 3. The average molecular weight is 470 g/mol. The molecule has 0 aliphatic carbocycles. The molecule has 178 valence electrons. The van der Waals surface area contributed by atoms with Crippen LogP contribution in [0.3, 0.4) is 0 Å². The summed E-state index contributed by atoms with van der Waals surface area (Å²) in [6.07, 6.45) is 7.16. The van der Waals surface area contributed by atoms with Crippen LogP contribution in [0.25, 0.3) is 11.8 Å². The standard InChI is InChI=1S/C26H26F3N3O2/c1-4-22(19-12-20(27)25(29)21(28)13-19)32-9-5-6-18(26(32)33)10-17-7-8-23(24(11-17)34-3)31-14-16(2)30-15-31/h7-8,10-15,22H,4-6,9H2,1-3H3/b18-10+. The maximum Gasteiger partial charge on any atom is 0.250 e. The molecule has 3 aromatic rings. The summed E-state index contributed by atoms with van der Waals surface area (Å²) in [5.74, 6) is -3.58. The number of nitrogens with zero attached hydrogens (tertiary/aromatic N) is 3. The fourth-order valence-corrected chi connectivity index (χ4v) is 4.42. The van der Waals surface area contributed by atoms with Gasteiger partial charge >= 0.3 is 0 Å². The Morgan fingerprint density at radius 2 is 1.91 bits per heavy atom. The quantitative estimate of drug-likeness (QED) is 0.341. The minimum absolute atomic E-state index is 0.198. The number of carbonyl (C=O) groups is 1.